The number of hydrogen-bond acceptors (Lipinski definition) is 4. The van der Waals surface area contributed by atoms with E-state index in [0.29, 0.717) is 17.1 Å². The van der Waals surface area contributed by atoms with Crippen molar-refractivity contribution in [2.75, 3.05) is 7.11 Å². The maximum atomic E-state index is 9.94. The summed E-state index contributed by atoms with van der Waals surface area (Å²) in [6.45, 7) is 3.45. The summed E-state index contributed by atoms with van der Waals surface area (Å²) in [6, 6.07) is 2.01. The summed E-state index contributed by atoms with van der Waals surface area (Å²) in [5.41, 5.74) is 1.28. The third-order valence-electron chi connectivity index (χ3n) is 2.38. The van der Waals surface area contributed by atoms with E-state index >= 15 is 0 Å². The van der Waals surface area contributed by atoms with Crippen LogP contribution in [0.3, 0.4) is 0 Å². The van der Waals surface area contributed by atoms with Gasteiger partial charge in [-0.3, -0.25) is 0 Å². The summed E-state index contributed by atoms with van der Waals surface area (Å²) in [7, 11) is 3.25. The summed E-state index contributed by atoms with van der Waals surface area (Å²) in [6.07, 6.45) is -0.862. The van der Waals surface area contributed by atoms with Crippen LogP contribution in [-0.2, 0) is 7.05 Å². The molecule has 0 saturated heterocycles. The molecule has 5 nitrogen and oxygen atoms in total. The van der Waals surface area contributed by atoms with Gasteiger partial charge in [-0.1, -0.05) is 0 Å². The van der Waals surface area contributed by atoms with Crippen LogP contribution >= 0.6 is 0 Å². The molecular weight excluding hydrogens is 194 g/mol. The van der Waals surface area contributed by atoms with Gasteiger partial charge in [0.25, 0.3) is 0 Å². The predicted octanol–water partition coefficient (Wildman–Crippen LogP) is 0.930. The third-order valence-corrected chi connectivity index (χ3v) is 2.38. The molecule has 0 spiro atoms. The highest BCUT2D eigenvalue weighted by Crippen LogP contribution is 2.31. The Morgan fingerprint density at radius 1 is 1.60 bits per heavy atom. The van der Waals surface area contributed by atoms with Gasteiger partial charge in [0.15, 0.2) is 0 Å². The second-order valence-corrected chi connectivity index (χ2v) is 3.49. The van der Waals surface area contributed by atoms with Gasteiger partial charge in [0.05, 0.1) is 30.4 Å². The van der Waals surface area contributed by atoms with E-state index in [-0.39, 0.29) is 0 Å². The molecule has 5 heteroatoms. The van der Waals surface area contributed by atoms with Crippen molar-refractivity contribution < 1.29 is 9.84 Å². The second kappa shape index (κ2) is 4.32. The zero-order valence-electron chi connectivity index (χ0n) is 9.35. The monoisotopic (exact) mass is 209 g/mol. The Hall–Kier alpha value is -1.54. The molecule has 0 saturated carbocycles. The molecule has 1 aromatic heterocycles. The van der Waals surface area contributed by atoms with Crippen LogP contribution in [0.15, 0.2) is 0 Å². The number of methoxy groups -OCH3 is 1. The molecule has 1 N–H and O–H groups in total. The van der Waals surface area contributed by atoms with E-state index < -0.39 is 12.0 Å². The lowest BCUT2D eigenvalue weighted by molar-refractivity contribution is 0.138. The molecule has 0 aliphatic carbocycles. The molecule has 0 fully saturated rings. The molecule has 0 bridgehead atoms. The summed E-state index contributed by atoms with van der Waals surface area (Å²) >= 11 is 0. The molecular formula is C10H15N3O2. The SMILES string of the molecule is COc1c(C(O)C(C)C#N)c(C)nn1C. The number of nitriles is 1. The number of ether oxygens (including phenoxy) is 1. The average Bonchev–Trinajstić information content (AvgIpc) is 2.50. The maximum absolute atomic E-state index is 9.94. The Balaban J connectivity index is 3.19. The minimum absolute atomic E-state index is 0.484. The van der Waals surface area contributed by atoms with Crippen LogP contribution in [0.2, 0.25) is 0 Å². The quantitative estimate of drug-likeness (QED) is 0.803. The molecule has 1 aromatic rings. The van der Waals surface area contributed by atoms with Gasteiger partial charge in [-0.2, -0.15) is 10.4 Å². The molecule has 0 radical (unpaired) electrons. The van der Waals surface area contributed by atoms with E-state index in [4.69, 9.17) is 10.00 Å². The molecule has 0 aromatic carbocycles. The first-order valence-electron chi connectivity index (χ1n) is 4.68. The van der Waals surface area contributed by atoms with Crippen molar-refractivity contribution in [2.45, 2.75) is 20.0 Å². The maximum Gasteiger partial charge on any atom is 0.217 e. The van der Waals surface area contributed by atoms with Crippen molar-refractivity contribution in [3.8, 4) is 11.9 Å². The van der Waals surface area contributed by atoms with E-state index in [1.807, 2.05) is 6.07 Å². The highest BCUT2D eigenvalue weighted by Gasteiger charge is 2.25. The number of aliphatic hydroxyl groups is 1. The van der Waals surface area contributed by atoms with Crippen LogP contribution in [0.5, 0.6) is 5.88 Å². The minimum Gasteiger partial charge on any atom is -0.481 e. The fourth-order valence-electron chi connectivity index (χ4n) is 1.56. The van der Waals surface area contributed by atoms with Gasteiger partial charge in [0, 0.05) is 7.05 Å². The largest absolute Gasteiger partial charge is 0.481 e. The minimum atomic E-state index is -0.862. The van der Waals surface area contributed by atoms with Crippen LogP contribution in [0.1, 0.15) is 24.3 Å². The zero-order valence-corrected chi connectivity index (χ0v) is 9.35. The number of aryl methyl sites for hydroxylation is 2. The topological polar surface area (TPSA) is 71.1 Å². The van der Waals surface area contributed by atoms with Crippen molar-refractivity contribution >= 4 is 0 Å². The lowest BCUT2D eigenvalue weighted by Gasteiger charge is -2.13. The molecule has 1 rings (SSSR count). The average molecular weight is 209 g/mol. The number of aliphatic hydroxyl groups excluding tert-OH is 1. The first kappa shape index (κ1) is 11.5. The van der Waals surface area contributed by atoms with Gasteiger partial charge in [0.1, 0.15) is 6.10 Å². The summed E-state index contributed by atoms with van der Waals surface area (Å²) < 4.78 is 6.70. The van der Waals surface area contributed by atoms with Crippen LogP contribution in [0.25, 0.3) is 0 Å². The van der Waals surface area contributed by atoms with E-state index in [2.05, 4.69) is 5.10 Å². The van der Waals surface area contributed by atoms with Crippen molar-refractivity contribution in [3.05, 3.63) is 11.3 Å². The summed E-state index contributed by atoms with van der Waals surface area (Å²) in [5, 5.41) is 22.8. The van der Waals surface area contributed by atoms with Gasteiger partial charge < -0.3 is 9.84 Å². The Kier molecular flexibility index (Phi) is 3.32. The van der Waals surface area contributed by atoms with Crippen molar-refractivity contribution in [3.63, 3.8) is 0 Å². The van der Waals surface area contributed by atoms with Crippen molar-refractivity contribution in [1.82, 2.24) is 9.78 Å². The van der Waals surface area contributed by atoms with E-state index in [1.165, 1.54) is 7.11 Å². The molecule has 0 amide bonds. The van der Waals surface area contributed by atoms with Gasteiger partial charge in [-0.05, 0) is 13.8 Å². The Bertz CT molecular complexity index is 392. The Morgan fingerprint density at radius 2 is 2.20 bits per heavy atom. The summed E-state index contributed by atoms with van der Waals surface area (Å²) in [5.74, 6) is 0.0175. The van der Waals surface area contributed by atoms with Crippen LogP contribution < -0.4 is 4.74 Å². The first-order valence-corrected chi connectivity index (χ1v) is 4.68. The number of hydrogen-bond donors (Lipinski definition) is 1. The molecule has 2 unspecified atom stereocenters. The summed E-state index contributed by atoms with van der Waals surface area (Å²) in [4.78, 5) is 0. The van der Waals surface area contributed by atoms with Gasteiger partial charge >= 0.3 is 0 Å². The van der Waals surface area contributed by atoms with E-state index in [9.17, 15) is 5.11 Å². The number of rotatable bonds is 3. The normalized spacial score (nSPS) is 14.4. The molecule has 15 heavy (non-hydrogen) atoms. The molecule has 0 aliphatic heterocycles. The highest BCUT2D eigenvalue weighted by molar-refractivity contribution is 5.34. The fourth-order valence-corrected chi connectivity index (χ4v) is 1.56. The van der Waals surface area contributed by atoms with Crippen LogP contribution in [0.4, 0.5) is 0 Å². The fraction of sp³-hybridized carbons (Fsp3) is 0.600. The molecule has 1 heterocycles. The van der Waals surface area contributed by atoms with Crippen LogP contribution in [-0.4, -0.2) is 22.0 Å². The highest BCUT2D eigenvalue weighted by atomic mass is 16.5. The van der Waals surface area contributed by atoms with Gasteiger partial charge in [-0.25, -0.2) is 4.68 Å². The molecule has 82 valence electrons. The smallest absolute Gasteiger partial charge is 0.217 e. The van der Waals surface area contributed by atoms with Crippen molar-refractivity contribution in [2.24, 2.45) is 13.0 Å². The Morgan fingerprint density at radius 3 is 2.67 bits per heavy atom. The standard InChI is InChI=1S/C10H15N3O2/c1-6(5-11)9(14)8-7(2)12-13(3)10(8)15-4/h6,9,14H,1-4H3. The first-order chi connectivity index (χ1) is 7.02. The van der Waals surface area contributed by atoms with Crippen LogP contribution in [0, 0.1) is 24.2 Å². The van der Waals surface area contributed by atoms with Gasteiger partial charge in [-0.15, -0.1) is 0 Å². The van der Waals surface area contributed by atoms with E-state index in [1.54, 1.807) is 25.6 Å². The van der Waals surface area contributed by atoms with Crippen molar-refractivity contribution in [1.29, 1.82) is 5.26 Å². The van der Waals surface area contributed by atoms with Gasteiger partial charge in [0.2, 0.25) is 5.88 Å². The molecule has 2 atom stereocenters. The second-order valence-electron chi connectivity index (χ2n) is 3.49. The number of nitrogens with zero attached hydrogens (tertiary/aromatic N) is 3. The van der Waals surface area contributed by atoms with E-state index in [0.717, 1.165) is 0 Å². The number of aromatic nitrogens is 2. The lowest BCUT2D eigenvalue weighted by atomic mass is 9.99. The third kappa shape index (κ3) is 1.95. The lowest BCUT2D eigenvalue weighted by Crippen LogP contribution is -2.09. The predicted molar refractivity (Wildman–Crippen MR) is 54.2 cm³/mol. The Labute approximate surface area is 88.9 Å². The zero-order chi connectivity index (χ0) is 11.6. The molecule has 0 aliphatic rings.